The molecule has 0 aromatic rings. The highest BCUT2D eigenvalue weighted by Crippen LogP contribution is 2.14. The molecule has 1 amide bonds. The molecule has 0 aliphatic carbocycles. The minimum absolute atomic E-state index is 0. The molecular weight excluding hydrogens is 404 g/mol. The van der Waals surface area contributed by atoms with Gasteiger partial charge in [-0.3, -0.25) is 14.5 Å². The summed E-state index contributed by atoms with van der Waals surface area (Å²) in [6.07, 6.45) is 12.9. The number of ether oxygens (including phenoxy) is 2. The summed E-state index contributed by atoms with van der Waals surface area (Å²) in [7, 11) is 0. The largest absolute Gasteiger partial charge is 0.459 e. The van der Waals surface area contributed by atoms with E-state index in [0.29, 0.717) is 25.9 Å². The van der Waals surface area contributed by atoms with Crippen LogP contribution in [0.3, 0.4) is 0 Å². The van der Waals surface area contributed by atoms with Gasteiger partial charge in [-0.05, 0) is 12.8 Å². The van der Waals surface area contributed by atoms with Crippen LogP contribution in [0.25, 0.3) is 0 Å². The minimum atomic E-state index is -0.235. The van der Waals surface area contributed by atoms with E-state index in [4.69, 9.17) is 9.47 Å². The molecule has 6 nitrogen and oxygen atoms in total. The Balaban J connectivity index is 0.00000450. The van der Waals surface area contributed by atoms with Gasteiger partial charge in [0.05, 0.1) is 19.8 Å². The molecule has 2 saturated heterocycles. The van der Waals surface area contributed by atoms with Crippen molar-refractivity contribution < 1.29 is 19.1 Å². The van der Waals surface area contributed by atoms with Crippen LogP contribution < -0.4 is 0 Å². The number of halogens is 1. The second-order valence-corrected chi connectivity index (χ2v) is 8.55. The van der Waals surface area contributed by atoms with E-state index in [1.165, 1.54) is 44.9 Å². The fourth-order valence-electron chi connectivity index (χ4n) is 4.17. The molecule has 0 aromatic carbocycles. The van der Waals surface area contributed by atoms with Gasteiger partial charge in [-0.25, -0.2) is 0 Å². The van der Waals surface area contributed by atoms with Crippen LogP contribution in [-0.4, -0.2) is 73.7 Å². The molecule has 30 heavy (non-hydrogen) atoms. The van der Waals surface area contributed by atoms with E-state index in [1.54, 1.807) is 0 Å². The van der Waals surface area contributed by atoms with Gasteiger partial charge in [0, 0.05) is 39.0 Å². The quantitative estimate of drug-likeness (QED) is 0.279. The van der Waals surface area contributed by atoms with Crippen molar-refractivity contribution in [3.63, 3.8) is 0 Å². The Kier molecular flexibility index (Phi) is 15.2. The summed E-state index contributed by atoms with van der Waals surface area (Å²) < 4.78 is 11.2. The maximum atomic E-state index is 12.4. The third-order valence-electron chi connectivity index (χ3n) is 5.94. The lowest BCUT2D eigenvalue weighted by atomic mass is 10.1. The molecule has 1 atom stereocenters. The molecule has 2 aliphatic heterocycles. The number of amides is 1. The zero-order valence-electron chi connectivity index (χ0n) is 18.9. The Morgan fingerprint density at radius 3 is 2.20 bits per heavy atom. The highest BCUT2D eigenvalue weighted by molar-refractivity contribution is 5.85. The molecule has 0 spiro atoms. The Labute approximate surface area is 189 Å². The molecule has 7 heteroatoms. The Morgan fingerprint density at radius 1 is 0.967 bits per heavy atom. The smallest absolute Gasteiger partial charge is 0.306 e. The molecule has 176 valence electrons. The summed E-state index contributed by atoms with van der Waals surface area (Å²) in [5.74, 6) is 0.0739. The van der Waals surface area contributed by atoms with Crippen molar-refractivity contribution in [2.24, 2.45) is 0 Å². The van der Waals surface area contributed by atoms with Gasteiger partial charge in [-0.15, -0.1) is 12.4 Å². The van der Waals surface area contributed by atoms with Gasteiger partial charge in [0.25, 0.3) is 0 Å². The first-order chi connectivity index (χ1) is 14.2. The van der Waals surface area contributed by atoms with Gasteiger partial charge in [0.15, 0.2) is 0 Å². The van der Waals surface area contributed by atoms with Crippen LogP contribution in [-0.2, 0) is 19.1 Å². The Bertz CT molecular complexity index is 472. The lowest BCUT2D eigenvalue weighted by molar-refractivity contribution is -0.153. The monoisotopic (exact) mass is 446 g/mol. The Hall–Kier alpha value is -0.850. The number of carbonyl (C=O) groups excluding carboxylic acids is 2. The number of esters is 1. The van der Waals surface area contributed by atoms with E-state index in [-0.39, 0.29) is 30.4 Å². The molecule has 0 bridgehead atoms. The molecular formula is C23H43ClN2O4. The average molecular weight is 447 g/mol. The summed E-state index contributed by atoms with van der Waals surface area (Å²) in [5, 5.41) is 0. The zero-order chi connectivity index (χ0) is 20.7. The van der Waals surface area contributed by atoms with E-state index < -0.39 is 0 Å². The first kappa shape index (κ1) is 27.2. The number of morpholine rings is 1. The van der Waals surface area contributed by atoms with Crippen molar-refractivity contribution in [3.05, 3.63) is 0 Å². The number of hydrogen-bond donors (Lipinski definition) is 0. The normalized spacial score (nSPS) is 18.3. The topological polar surface area (TPSA) is 59.1 Å². The van der Waals surface area contributed by atoms with Crippen molar-refractivity contribution in [2.75, 3.05) is 45.9 Å². The van der Waals surface area contributed by atoms with Gasteiger partial charge in [0.1, 0.15) is 6.10 Å². The fourth-order valence-corrected chi connectivity index (χ4v) is 4.17. The molecule has 0 radical (unpaired) electrons. The van der Waals surface area contributed by atoms with Crippen molar-refractivity contribution in [1.29, 1.82) is 0 Å². The van der Waals surface area contributed by atoms with Crippen molar-refractivity contribution in [3.8, 4) is 0 Å². The maximum Gasteiger partial charge on any atom is 0.306 e. The van der Waals surface area contributed by atoms with Crippen molar-refractivity contribution >= 4 is 24.3 Å². The third kappa shape index (κ3) is 11.5. The summed E-state index contributed by atoms with van der Waals surface area (Å²) >= 11 is 0. The van der Waals surface area contributed by atoms with E-state index >= 15 is 0 Å². The Morgan fingerprint density at radius 2 is 1.60 bits per heavy atom. The summed E-state index contributed by atoms with van der Waals surface area (Å²) in [5.41, 5.74) is 0. The zero-order valence-corrected chi connectivity index (χ0v) is 19.8. The molecule has 2 aliphatic rings. The third-order valence-corrected chi connectivity index (χ3v) is 5.94. The van der Waals surface area contributed by atoms with E-state index in [0.717, 1.165) is 52.1 Å². The molecule has 2 rings (SSSR count). The minimum Gasteiger partial charge on any atom is -0.459 e. The predicted molar refractivity (Wildman–Crippen MR) is 122 cm³/mol. The molecule has 1 unspecified atom stereocenters. The standard InChI is InChI=1S/C23H42N2O4.ClH/c1-2-3-4-5-6-7-8-9-10-13-23(27)29-21(19-24-15-17-28-18-16-24)20-25-14-11-12-22(25)26;/h21H,2-20H2,1H3;1H. The van der Waals surface area contributed by atoms with Crippen molar-refractivity contribution in [2.45, 2.75) is 90.1 Å². The van der Waals surface area contributed by atoms with E-state index in [2.05, 4.69) is 11.8 Å². The molecule has 0 aromatic heterocycles. The first-order valence-corrected chi connectivity index (χ1v) is 12.0. The number of unbranched alkanes of at least 4 members (excludes halogenated alkanes) is 8. The van der Waals surface area contributed by atoms with E-state index in [9.17, 15) is 9.59 Å². The highest BCUT2D eigenvalue weighted by atomic mass is 35.5. The van der Waals surface area contributed by atoms with Crippen LogP contribution in [0.1, 0.15) is 84.0 Å². The molecule has 2 heterocycles. The molecule has 0 saturated carbocycles. The van der Waals surface area contributed by atoms with Gasteiger partial charge in [-0.1, -0.05) is 58.3 Å². The van der Waals surface area contributed by atoms with Crippen LogP contribution in [0.15, 0.2) is 0 Å². The van der Waals surface area contributed by atoms with Crippen LogP contribution in [0.2, 0.25) is 0 Å². The number of nitrogens with zero attached hydrogens (tertiary/aromatic N) is 2. The van der Waals surface area contributed by atoms with Crippen molar-refractivity contribution in [1.82, 2.24) is 9.80 Å². The summed E-state index contributed by atoms with van der Waals surface area (Å²) in [6.45, 7) is 7.42. The maximum absolute atomic E-state index is 12.4. The van der Waals surface area contributed by atoms with Crippen LogP contribution in [0.4, 0.5) is 0 Å². The van der Waals surface area contributed by atoms with Gasteiger partial charge < -0.3 is 14.4 Å². The summed E-state index contributed by atoms with van der Waals surface area (Å²) in [6, 6.07) is 0. The fraction of sp³-hybridized carbons (Fsp3) is 0.913. The van der Waals surface area contributed by atoms with Gasteiger partial charge in [0.2, 0.25) is 5.91 Å². The van der Waals surface area contributed by atoms with Gasteiger partial charge >= 0.3 is 5.97 Å². The van der Waals surface area contributed by atoms with Crippen LogP contribution >= 0.6 is 12.4 Å². The lowest BCUT2D eigenvalue weighted by Gasteiger charge is -2.32. The second-order valence-electron chi connectivity index (χ2n) is 8.55. The highest BCUT2D eigenvalue weighted by Gasteiger charge is 2.27. The van der Waals surface area contributed by atoms with E-state index in [1.807, 2.05) is 4.90 Å². The number of rotatable bonds is 15. The van der Waals surface area contributed by atoms with Crippen LogP contribution in [0.5, 0.6) is 0 Å². The SMILES string of the molecule is CCCCCCCCCCCC(=O)OC(CN1CCOCC1)CN1CCCC1=O.Cl. The summed E-state index contributed by atoms with van der Waals surface area (Å²) in [4.78, 5) is 28.5. The lowest BCUT2D eigenvalue weighted by Crippen LogP contribution is -2.46. The molecule has 0 N–H and O–H groups in total. The first-order valence-electron chi connectivity index (χ1n) is 12.0. The van der Waals surface area contributed by atoms with Crippen LogP contribution in [0, 0.1) is 0 Å². The number of carbonyl (C=O) groups is 2. The average Bonchev–Trinajstić information content (AvgIpc) is 3.12. The number of hydrogen-bond acceptors (Lipinski definition) is 5. The van der Waals surface area contributed by atoms with Gasteiger partial charge in [-0.2, -0.15) is 0 Å². The number of likely N-dealkylation sites (tertiary alicyclic amines) is 1. The predicted octanol–water partition coefficient (Wildman–Crippen LogP) is 4.20. The second kappa shape index (κ2) is 16.8. The molecule has 2 fully saturated rings.